The lowest BCUT2D eigenvalue weighted by molar-refractivity contribution is 0.450. The van der Waals surface area contributed by atoms with Gasteiger partial charge in [0.05, 0.1) is 11.4 Å². The topological polar surface area (TPSA) is 47.7 Å². The molecule has 0 bridgehead atoms. The molecule has 5 heteroatoms. The smallest absolute Gasteiger partial charge is 0.0525 e. The van der Waals surface area contributed by atoms with Gasteiger partial charge in [-0.1, -0.05) is 6.92 Å². The maximum atomic E-state index is 4.40. The molecule has 0 amide bonds. The molecule has 104 valence electrons. The summed E-state index contributed by atoms with van der Waals surface area (Å²) in [5.74, 6) is 0. The lowest BCUT2D eigenvalue weighted by Gasteiger charge is -2.14. The molecule has 0 aliphatic rings. The van der Waals surface area contributed by atoms with Crippen molar-refractivity contribution >= 4 is 0 Å². The van der Waals surface area contributed by atoms with E-state index in [-0.39, 0.29) is 0 Å². The second kappa shape index (κ2) is 6.52. The van der Waals surface area contributed by atoms with E-state index in [1.165, 1.54) is 11.4 Å². The average Bonchev–Trinajstić information content (AvgIpc) is 3.06. The number of nitrogens with zero attached hydrogens (tertiary/aromatic N) is 4. The fourth-order valence-electron chi connectivity index (χ4n) is 2.17. The van der Waals surface area contributed by atoms with Crippen molar-refractivity contribution in [2.45, 2.75) is 52.9 Å². The first-order chi connectivity index (χ1) is 9.26. The Balaban J connectivity index is 1.91. The summed E-state index contributed by atoms with van der Waals surface area (Å²) in [6.45, 7) is 9.06. The highest BCUT2D eigenvalue weighted by atomic mass is 15.3. The van der Waals surface area contributed by atoms with Crippen molar-refractivity contribution in [1.82, 2.24) is 24.9 Å². The normalized spacial score (nSPS) is 12.8. The van der Waals surface area contributed by atoms with Crippen molar-refractivity contribution in [3.8, 4) is 0 Å². The molecule has 5 nitrogen and oxygen atoms in total. The Hall–Kier alpha value is -1.62. The largest absolute Gasteiger partial charge is 0.306 e. The Morgan fingerprint density at radius 3 is 2.53 bits per heavy atom. The van der Waals surface area contributed by atoms with E-state index in [0.29, 0.717) is 6.04 Å². The van der Waals surface area contributed by atoms with E-state index in [2.05, 4.69) is 53.1 Å². The third-order valence-corrected chi connectivity index (χ3v) is 3.48. The van der Waals surface area contributed by atoms with E-state index in [9.17, 15) is 0 Å². The molecule has 0 aliphatic heterocycles. The van der Waals surface area contributed by atoms with E-state index >= 15 is 0 Å². The van der Waals surface area contributed by atoms with Crippen LogP contribution < -0.4 is 5.32 Å². The standard InChI is InChI=1S/C14H23N5/c1-4-12(3)19-14(7-9-17-19)11-15-10-13-6-8-16-18(13)5-2/h6-9,12,15H,4-5,10-11H2,1-3H3/t12-/m1/s1. The van der Waals surface area contributed by atoms with Crippen molar-refractivity contribution in [2.24, 2.45) is 0 Å². The number of hydrogen-bond acceptors (Lipinski definition) is 3. The van der Waals surface area contributed by atoms with Gasteiger partial charge in [0.2, 0.25) is 0 Å². The van der Waals surface area contributed by atoms with Crippen molar-refractivity contribution < 1.29 is 0 Å². The molecule has 0 saturated carbocycles. The van der Waals surface area contributed by atoms with Gasteiger partial charge in [-0.05, 0) is 32.4 Å². The maximum absolute atomic E-state index is 4.40. The Bertz CT molecular complexity index is 499. The summed E-state index contributed by atoms with van der Waals surface area (Å²) >= 11 is 0. The van der Waals surface area contributed by atoms with Crippen LogP contribution in [0.5, 0.6) is 0 Å². The van der Waals surface area contributed by atoms with Crippen LogP contribution in [0.1, 0.15) is 44.6 Å². The molecular weight excluding hydrogens is 238 g/mol. The Morgan fingerprint density at radius 1 is 1.11 bits per heavy atom. The van der Waals surface area contributed by atoms with Gasteiger partial charge in [-0.2, -0.15) is 10.2 Å². The summed E-state index contributed by atoms with van der Waals surface area (Å²) < 4.78 is 4.11. The molecule has 0 radical (unpaired) electrons. The summed E-state index contributed by atoms with van der Waals surface area (Å²) in [5.41, 5.74) is 2.45. The number of hydrogen-bond donors (Lipinski definition) is 1. The van der Waals surface area contributed by atoms with Crippen molar-refractivity contribution in [3.05, 3.63) is 35.9 Å². The number of aromatic nitrogens is 4. The summed E-state index contributed by atoms with van der Waals surface area (Å²) in [7, 11) is 0. The molecule has 19 heavy (non-hydrogen) atoms. The zero-order valence-corrected chi connectivity index (χ0v) is 12.0. The highest BCUT2D eigenvalue weighted by Gasteiger charge is 2.08. The minimum absolute atomic E-state index is 0.452. The van der Waals surface area contributed by atoms with E-state index in [4.69, 9.17) is 0 Å². The van der Waals surface area contributed by atoms with E-state index in [1.54, 1.807) is 0 Å². The molecule has 0 spiro atoms. The van der Waals surface area contributed by atoms with Crippen LogP contribution in [0, 0.1) is 0 Å². The lowest BCUT2D eigenvalue weighted by Crippen LogP contribution is -2.19. The fraction of sp³-hybridized carbons (Fsp3) is 0.571. The van der Waals surface area contributed by atoms with Crippen LogP contribution in [0.3, 0.4) is 0 Å². The van der Waals surface area contributed by atoms with Crippen LogP contribution in [-0.2, 0) is 19.6 Å². The van der Waals surface area contributed by atoms with Gasteiger partial charge in [0, 0.05) is 38.1 Å². The Kier molecular flexibility index (Phi) is 4.74. The summed E-state index contributed by atoms with van der Waals surface area (Å²) in [5, 5.41) is 12.1. The van der Waals surface area contributed by atoms with E-state index < -0.39 is 0 Å². The third kappa shape index (κ3) is 3.23. The van der Waals surface area contributed by atoms with Gasteiger partial charge in [0.25, 0.3) is 0 Å². The molecule has 2 rings (SSSR count). The van der Waals surface area contributed by atoms with Gasteiger partial charge < -0.3 is 5.32 Å². The van der Waals surface area contributed by atoms with Crippen LogP contribution in [0.15, 0.2) is 24.5 Å². The minimum atomic E-state index is 0.452. The van der Waals surface area contributed by atoms with Crippen LogP contribution >= 0.6 is 0 Å². The predicted octanol–water partition coefficient (Wildman–Crippen LogP) is 2.36. The van der Waals surface area contributed by atoms with Crippen LogP contribution in [-0.4, -0.2) is 19.6 Å². The molecule has 2 aromatic heterocycles. The van der Waals surface area contributed by atoms with Crippen molar-refractivity contribution in [2.75, 3.05) is 0 Å². The number of aryl methyl sites for hydroxylation is 1. The summed E-state index contributed by atoms with van der Waals surface area (Å²) in [6.07, 6.45) is 4.82. The van der Waals surface area contributed by atoms with Gasteiger partial charge in [0.15, 0.2) is 0 Å². The quantitative estimate of drug-likeness (QED) is 0.832. The molecular formula is C14H23N5. The average molecular weight is 261 g/mol. The molecule has 1 N–H and O–H groups in total. The first-order valence-electron chi connectivity index (χ1n) is 7.00. The third-order valence-electron chi connectivity index (χ3n) is 3.48. The highest BCUT2D eigenvalue weighted by molar-refractivity contribution is 5.03. The maximum Gasteiger partial charge on any atom is 0.0525 e. The van der Waals surface area contributed by atoms with Crippen molar-refractivity contribution in [3.63, 3.8) is 0 Å². The molecule has 2 aromatic rings. The molecule has 1 atom stereocenters. The number of nitrogens with one attached hydrogen (secondary N) is 1. The molecule has 0 aliphatic carbocycles. The van der Waals surface area contributed by atoms with Gasteiger partial charge in [-0.15, -0.1) is 0 Å². The zero-order valence-electron chi connectivity index (χ0n) is 12.0. The van der Waals surface area contributed by atoms with Gasteiger partial charge in [-0.25, -0.2) is 0 Å². The van der Waals surface area contributed by atoms with Gasteiger partial charge in [0.1, 0.15) is 0 Å². The first-order valence-corrected chi connectivity index (χ1v) is 7.00. The second-order valence-electron chi connectivity index (χ2n) is 4.77. The Labute approximate surface area is 114 Å². The first kappa shape index (κ1) is 13.8. The van der Waals surface area contributed by atoms with Crippen LogP contribution in [0.25, 0.3) is 0 Å². The van der Waals surface area contributed by atoms with E-state index in [0.717, 1.165) is 26.1 Å². The molecule has 0 saturated heterocycles. The Morgan fingerprint density at radius 2 is 1.79 bits per heavy atom. The van der Waals surface area contributed by atoms with E-state index in [1.807, 2.05) is 17.1 Å². The highest BCUT2D eigenvalue weighted by Crippen LogP contribution is 2.12. The van der Waals surface area contributed by atoms with Crippen LogP contribution in [0.4, 0.5) is 0 Å². The molecule has 2 heterocycles. The second-order valence-corrected chi connectivity index (χ2v) is 4.77. The molecule has 0 unspecified atom stereocenters. The summed E-state index contributed by atoms with van der Waals surface area (Å²) in [4.78, 5) is 0. The zero-order chi connectivity index (χ0) is 13.7. The lowest BCUT2D eigenvalue weighted by atomic mass is 10.2. The monoisotopic (exact) mass is 261 g/mol. The fourth-order valence-corrected chi connectivity index (χ4v) is 2.17. The van der Waals surface area contributed by atoms with Gasteiger partial charge in [-0.3, -0.25) is 9.36 Å². The predicted molar refractivity (Wildman–Crippen MR) is 75.7 cm³/mol. The van der Waals surface area contributed by atoms with Gasteiger partial charge >= 0.3 is 0 Å². The minimum Gasteiger partial charge on any atom is -0.306 e. The summed E-state index contributed by atoms with van der Waals surface area (Å²) in [6, 6.07) is 4.59. The molecule has 0 fully saturated rings. The SMILES string of the molecule is CC[C@@H](C)n1nccc1CNCc1ccnn1CC. The van der Waals surface area contributed by atoms with Crippen LogP contribution in [0.2, 0.25) is 0 Å². The number of rotatable bonds is 7. The molecule has 0 aromatic carbocycles. The van der Waals surface area contributed by atoms with Crippen molar-refractivity contribution in [1.29, 1.82) is 0 Å².